The summed E-state index contributed by atoms with van der Waals surface area (Å²) in [7, 11) is 3.39. The lowest BCUT2D eigenvalue weighted by atomic mass is 10.0. The second kappa shape index (κ2) is 5.01. The predicted octanol–water partition coefficient (Wildman–Crippen LogP) is 2.85. The van der Waals surface area contributed by atoms with Gasteiger partial charge >= 0.3 is 0 Å². The van der Waals surface area contributed by atoms with Crippen molar-refractivity contribution in [2.45, 2.75) is 6.04 Å². The summed E-state index contributed by atoms with van der Waals surface area (Å²) < 4.78 is 10.7. The lowest BCUT2D eigenvalue weighted by Crippen LogP contribution is -2.24. The number of carbonyl (C=O) groups is 1. The molecule has 0 saturated carbocycles. The first-order valence-electron chi connectivity index (χ1n) is 7.24. The van der Waals surface area contributed by atoms with Crippen molar-refractivity contribution in [3.8, 4) is 17.0 Å². The Morgan fingerprint density at radius 1 is 1.26 bits per heavy atom. The number of furan rings is 1. The first-order chi connectivity index (χ1) is 11.2. The maximum atomic E-state index is 12.4. The monoisotopic (exact) mass is 309 g/mol. The minimum Gasteiger partial charge on any atom is -0.497 e. The number of hydrogen-bond acceptors (Lipinski definition) is 4. The summed E-state index contributed by atoms with van der Waals surface area (Å²) in [5, 5.41) is 7.22. The Labute approximate surface area is 132 Å². The van der Waals surface area contributed by atoms with Gasteiger partial charge in [-0.05, 0) is 36.4 Å². The molecule has 0 saturated heterocycles. The number of hydrogen-bond donors (Lipinski definition) is 1. The maximum absolute atomic E-state index is 12.4. The molecule has 0 bridgehead atoms. The topological polar surface area (TPSA) is 71.4 Å². The zero-order valence-corrected chi connectivity index (χ0v) is 12.7. The average molecular weight is 309 g/mol. The molecule has 0 radical (unpaired) electrons. The number of ether oxygens (including phenoxy) is 1. The Morgan fingerprint density at radius 3 is 2.70 bits per heavy atom. The second-order valence-corrected chi connectivity index (χ2v) is 5.42. The van der Waals surface area contributed by atoms with Gasteiger partial charge in [0.1, 0.15) is 23.2 Å². The number of fused-ring (bicyclic) bond motifs is 1. The predicted molar refractivity (Wildman–Crippen MR) is 83.2 cm³/mol. The lowest BCUT2D eigenvalue weighted by molar-refractivity contribution is 0.0777. The Kier molecular flexibility index (Phi) is 2.97. The Morgan fingerprint density at radius 2 is 2.04 bits per heavy atom. The van der Waals surface area contributed by atoms with Gasteiger partial charge in [-0.15, -0.1) is 0 Å². The smallest absolute Gasteiger partial charge is 0.272 e. The van der Waals surface area contributed by atoms with Crippen LogP contribution in [0.15, 0.2) is 47.1 Å². The molecule has 0 spiro atoms. The van der Waals surface area contributed by atoms with Crippen LogP contribution < -0.4 is 4.74 Å². The van der Waals surface area contributed by atoms with Crippen LogP contribution >= 0.6 is 0 Å². The van der Waals surface area contributed by atoms with E-state index in [1.165, 1.54) is 0 Å². The van der Waals surface area contributed by atoms with Crippen LogP contribution in [0.1, 0.15) is 27.9 Å². The number of nitrogens with one attached hydrogen (secondary N) is 1. The van der Waals surface area contributed by atoms with Crippen LogP contribution in [0.2, 0.25) is 0 Å². The first-order valence-corrected chi connectivity index (χ1v) is 7.24. The molecular formula is C17H15N3O3. The maximum Gasteiger partial charge on any atom is 0.272 e. The molecule has 1 N–H and O–H groups in total. The summed E-state index contributed by atoms with van der Waals surface area (Å²) in [5.74, 6) is 1.40. The molecule has 2 aromatic heterocycles. The van der Waals surface area contributed by atoms with E-state index in [2.05, 4.69) is 10.2 Å². The number of rotatable bonds is 3. The largest absolute Gasteiger partial charge is 0.497 e. The molecule has 1 aliphatic rings. The average Bonchev–Trinajstić information content (AvgIpc) is 3.28. The van der Waals surface area contributed by atoms with Crippen molar-refractivity contribution in [3.63, 3.8) is 0 Å². The highest BCUT2D eigenvalue weighted by molar-refractivity contribution is 5.99. The molecule has 6 heteroatoms. The van der Waals surface area contributed by atoms with Crippen LogP contribution in [0, 0.1) is 0 Å². The highest BCUT2D eigenvalue weighted by Gasteiger charge is 2.41. The van der Waals surface area contributed by atoms with Crippen molar-refractivity contribution in [1.82, 2.24) is 15.1 Å². The van der Waals surface area contributed by atoms with Crippen LogP contribution in [0.5, 0.6) is 5.75 Å². The van der Waals surface area contributed by atoms with Gasteiger partial charge in [0.25, 0.3) is 5.91 Å². The van der Waals surface area contributed by atoms with Gasteiger partial charge in [0, 0.05) is 18.2 Å². The molecule has 3 aromatic rings. The second-order valence-electron chi connectivity index (χ2n) is 5.42. The molecule has 0 aliphatic carbocycles. The van der Waals surface area contributed by atoms with Crippen molar-refractivity contribution in [2.75, 3.05) is 14.2 Å². The van der Waals surface area contributed by atoms with Gasteiger partial charge in [-0.25, -0.2) is 0 Å². The third-order valence-corrected chi connectivity index (χ3v) is 4.18. The van der Waals surface area contributed by atoms with Gasteiger partial charge in [0.15, 0.2) is 0 Å². The van der Waals surface area contributed by atoms with E-state index in [-0.39, 0.29) is 11.9 Å². The molecule has 1 atom stereocenters. The molecule has 1 aromatic carbocycles. The summed E-state index contributed by atoms with van der Waals surface area (Å²) in [6.45, 7) is 0. The number of nitrogens with zero attached hydrogens (tertiary/aromatic N) is 2. The molecule has 6 nitrogen and oxygen atoms in total. The highest BCUT2D eigenvalue weighted by atomic mass is 16.5. The summed E-state index contributed by atoms with van der Waals surface area (Å²) in [4.78, 5) is 14.1. The Balaban J connectivity index is 1.86. The zero-order valence-electron chi connectivity index (χ0n) is 12.7. The van der Waals surface area contributed by atoms with Gasteiger partial charge in [0.05, 0.1) is 19.1 Å². The van der Waals surface area contributed by atoms with Crippen molar-refractivity contribution >= 4 is 5.91 Å². The number of amides is 1. The SMILES string of the molecule is COc1ccc(-c2n[nH]c3c2[C@@H](c2ccco2)N(C)C3=O)cc1. The summed E-state index contributed by atoms with van der Waals surface area (Å²) in [6, 6.07) is 11.0. The van der Waals surface area contributed by atoms with Gasteiger partial charge < -0.3 is 14.1 Å². The zero-order chi connectivity index (χ0) is 16.0. The van der Waals surface area contributed by atoms with Crippen molar-refractivity contribution in [2.24, 2.45) is 0 Å². The number of methoxy groups -OCH3 is 1. The van der Waals surface area contributed by atoms with E-state index in [0.29, 0.717) is 5.69 Å². The van der Waals surface area contributed by atoms with Crippen molar-refractivity contribution in [3.05, 3.63) is 59.7 Å². The molecule has 0 unspecified atom stereocenters. The van der Waals surface area contributed by atoms with E-state index in [4.69, 9.17) is 9.15 Å². The number of benzene rings is 1. The summed E-state index contributed by atoms with van der Waals surface area (Å²) in [6.07, 6.45) is 1.61. The number of H-pyrrole nitrogens is 1. The Hall–Kier alpha value is -3.02. The molecule has 3 heterocycles. The third kappa shape index (κ3) is 1.95. The summed E-state index contributed by atoms with van der Waals surface area (Å²) in [5.41, 5.74) is 3.03. The van der Waals surface area contributed by atoms with Gasteiger partial charge in [-0.1, -0.05) is 0 Å². The number of aromatic nitrogens is 2. The molecule has 0 fully saturated rings. The quantitative estimate of drug-likeness (QED) is 0.807. The van der Waals surface area contributed by atoms with Gasteiger partial charge in [-0.3, -0.25) is 9.89 Å². The molecule has 1 amide bonds. The minimum absolute atomic E-state index is 0.0892. The molecule has 116 valence electrons. The van der Waals surface area contributed by atoms with Gasteiger partial charge in [-0.2, -0.15) is 5.10 Å². The Bertz CT molecular complexity index is 850. The lowest BCUT2D eigenvalue weighted by Gasteiger charge is -2.19. The molecule has 1 aliphatic heterocycles. The molecule has 4 rings (SSSR count). The van der Waals surface area contributed by atoms with E-state index in [9.17, 15) is 4.79 Å². The van der Waals surface area contributed by atoms with E-state index >= 15 is 0 Å². The van der Waals surface area contributed by atoms with Crippen LogP contribution in [-0.4, -0.2) is 35.2 Å². The van der Waals surface area contributed by atoms with Crippen LogP contribution in [-0.2, 0) is 0 Å². The fraction of sp³-hybridized carbons (Fsp3) is 0.176. The van der Waals surface area contributed by atoms with E-state index < -0.39 is 0 Å². The summed E-state index contributed by atoms with van der Waals surface area (Å²) >= 11 is 0. The minimum atomic E-state index is -0.275. The highest BCUT2D eigenvalue weighted by Crippen LogP contribution is 2.42. The van der Waals surface area contributed by atoms with Crippen LogP contribution in [0.3, 0.4) is 0 Å². The normalized spacial score (nSPS) is 16.7. The third-order valence-electron chi connectivity index (χ3n) is 4.18. The molecular weight excluding hydrogens is 294 g/mol. The van der Waals surface area contributed by atoms with E-state index in [1.807, 2.05) is 36.4 Å². The van der Waals surface area contributed by atoms with Crippen LogP contribution in [0.25, 0.3) is 11.3 Å². The fourth-order valence-electron chi connectivity index (χ4n) is 3.02. The number of aromatic amines is 1. The fourth-order valence-corrected chi connectivity index (χ4v) is 3.02. The molecule has 23 heavy (non-hydrogen) atoms. The van der Waals surface area contributed by atoms with E-state index in [1.54, 1.807) is 25.3 Å². The number of carbonyl (C=O) groups excluding carboxylic acids is 1. The van der Waals surface area contributed by atoms with Crippen LogP contribution in [0.4, 0.5) is 0 Å². The standard InChI is InChI=1S/C17H15N3O3/c1-20-16(12-4-3-9-23-12)13-14(18-19-15(13)17(20)21)10-5-7-11(22-2)8-6-10/h3-9,16H,1-2H3,(H,18,19)/t16-/m1/s1. The van der Waals surface area contributed by atoms with Crippen molar-refractivity contribution < 1.29 is 13.9 Å². The van der Waals surface area contributed by atoms with Crippen molar-refractivity contribution in [1.29, 1.82) is 0 Å². The van der Waals surface area contributed by atoms with Gasteiger partial charge in [0.2, 0.25) is 0 Å². The van der Waals surface area contributed by atoms with E-state index in [0.717, 1.165) is 28.3 Å². The first kappa shape index (κ1) is 13.6.